The van der Waals surface area contributed by atoms with E-state index in [1.165, 1.54) is 0 Å². The fraction of sp³-hybridized carbons (Fsp3) is 0.250. The molecule has 0 spiro atoms. The lowest BCUT2D eigenvalue weighted by molar-refractivity contribution is 0.646. The van der Waals surface area contributed by atoms with Crippen molar-refractivity contribution in [1.29, 1.82) is 0 Å². The summed E-state index contributed by atoms with van der Waals surface area (Å²) in [5.74, 6) is 0. The van der Waals surface area contributed by atoms with Gasteiger partial charge >= 0.3 is 0 Å². The van der Waals surface area contributed by atoms with Gasteiger partial charge in [-0.05, 0) is 41.9 Å². The topological polar surface area (TPSA) is 39.8 Å². The Kier molecular flexibility index (Phi) is 3.68. The summed E-state index contributed by atoms with van der Waals surface area (Å²) in [6.07, 6.45) is 1.81. The standard InChI is InChI=1S/C16H16BrN3O/c1-3-20-15-7-5-4-6-13(15)14(18-20)10-19-9-12(17)8-11(2)16(19)21/h4-9H,3,10H2,1-2H3. The van der Waals surface area contributed by atoms with Crippen LogP contribution in [0.4, 0.5) is 0 Å². The summed E-state index contributed by atoms with van der Waals surface area (Å²) in [5.41, 5.74) is 2.78. The van der Waals surface area contributed by atoms with Crippen LogP contribution >= 0.6 is 15.9 Å². The van der Waals surface area contributed by atoms with Crippen molar-refractivity contribution >= 4 is 26.8 Å². The molecule has 0 saturated heterocycles. The molecular formula is C16H16BrN3O. The maximum atomic E-state index is 12.2. The zero-order chi connectivity index (χ0) is 15.0. The second-order valence-electron chi connectivity index (χ2n) is 5.05. The van der Waals surface area contributed by atoms with Crippen molar-refractivity contribution in [1.82, 2.24) is 14.3 Å². The number of pyridine rings is 1. The molecule has 0 bridgehead atoms. The predicted molar refractivity (Wildman–Crippen MR) is 87.6 cm³/mol. The summed E-state index contributed by atoms with van der Waals surface area (Å²) in [6.45, 7) is 5.19. The van der Waals surface area contributed by atoms with Crippen LogP contribution in [0, 0.1) is 6.92 Å². The number of para-hydroxylation sites is 1. The molecule has 0 fully saturated rings. The first-order valence-corrected chi connectivity index (χ1v) is 7.70. The van der Waals surface area contributed by atoms with E-state index in [1.54, 1.807) is 4.57 Å². The SMILES string of the molecule is CCn1nc(Cn2cc(Br)cc(C)c2=O)c2ccccc21. The lowest BCUT2D eigenvalue weighted by Crippen LogP contribution is -2.22. The molecule has 108 valence electrons. The van der Waals surface area contributed by atoms with Gasteiger partial charge in [-0.15, -0.1) is 0 Å². The Hall–Kier alpha value is -1.88. The van der Waals surface area contributed by atoms with Gasteiger partial charge in [-0.1, -0.05) is 18.2 Å². The van der Waals surface area contributed by atoms with E-state index in [0.717, 1.165) is 33.2 Å². The van der Waals surface area contributed by atoms with Crippen molar-refractivity contribution in [2.45, 2.75) is 26.9 Å². The monoisotopic (exact) mass is 345 g/mol. The molecule has 0 saturated carbocycles. The van der Waals surface area contributed by atoms with E-state index >= 15 is 0 Å². The lowest BCUT2D eigenvalue weighted by atomic mass is 10.2. The van der Waals surface area contributed by atoms with E-state index in [-0.39, 0.29) is 5.56 Å². The zero-order valence-electron chi connectivity index (χ0n) is 12.0. The molecule has 5 heteroatoms. The molecule has 3 rings (SSSR count). The summed E-state index contributed by atoms with van der Waals surface area (Å²) in [6, 6.07) is 9.96. The molecule has 2 aromatic heterocycles. The third kappa shape index (κ3) is 2.53. The smallest absolute Gasteiger partial charge is 0.253 e. The molecule has 4 nitrogen and oxygen atoms in total. The minimum Gasteiger partial charge on any atom is -0.308 e. The number of hydrogen-bond acceptors (Lipinski definition) is 2. The Balaban J connectivity index is 2.13. The molecule has 1 aromatic carbocycles. The van der Waals surface area contributed by atoms with Gasteiger partial charge in [0.05, 0.1) is 17.8 Å². The quantitative estimate of drug-likeness (QED) is 0.730. The molecule has 0 N–H and O–H groups in total. The van der Waals surface area contributed by atoms with Gasteiger partial charge in [0.1, 0.15) is 0 Å². The number of nitrogens with zero attached hydrogens (tertiary/aromatic N) is 3. The zero-order valence-corrected chi connectivity index (χ0v) is 13.6. The molecular weight excluding hydrogens is 330 g/mol. The van der Waals surface area contributed by atoms with Gasteiger partial charge in [-0.3, -0.25) is 9.48 Å². The highest BCUT2D eigenvalue weighted by Crippen LogP contribution is 2.19. The van der Waals surface area contributed by atoms with Crippen LogP contribution in [0.5, 0.6) is 0 Å². The molecule has 0 radical (unpaired) electrons. The first-order valence-electron chi connectivity index (χ1n) is 6.91. The van der Waals surface area contributed by atoms with Crippen LogP contribution < -0.4 is 5.56 Å². The van der Waals surface area contributed by atoms with Crippen molar-refractivity contribution < 1.29 is 0 Å². The maximum absolute atomic E-state index is 12.2. The van der Waals surface area contributed by atoms with E-state index in [9.17, 15) is 4.79 Å². The lowest BCUT2D eigenvalue weighted by Gasteiger charge is -2.06. The number of hydrogen-bond donors (Lipinski definition) is 0. The highest BCUT2D eigenvalue weighted by atomic mass is 79.9. The summed E-state index contributed by atoms with van der Waals surface area (Å²) >= 11 is 3.44. The van der Waals surface area contributed by atoms with Crippen LogP contribution in [0.15, 0.2) is 45.8 Å². The van der Waals surface area contributed by atoms with Gasteiger partial charge in [0, 0.05) is 28.2 Å². The van der Waals surface area contributed by atoms with Crippen LogP contribution in [0.3, 0.4) is 0 Å². The highest BCUT2D eigenvalue weighted by Gasteiger charge is 2.11. The fourth-order valence-electron chi connectivity index (χ4n) is 2.57. The first-order chi connectivity index (χ1) is 10.1. The second kappa shape index (κ2) is 5.48. The molecule has 0 aliphatic rings. The van der Waals surface area contributed by atoms with Crippen LogP contribution in [0.2, 0.25) is 0 Å². The van der Waals surface area contributed by atoms with Crippen molar-refractivity contribution in [2.24, 2.45) is 0 Å². The molecule has 0 aliphatic heterocycles. The minimum atomic E-state index is 0.0216. The molecule has 0 unspecified atom stereocenters. The second-order valence-corrected chi connectivity index (χ2v) is 5.97. The Morgan fingerprint density at radius 3 is 2.81 bits per heavy atom. The third-order valence-electron chi connectivity index (χ3n) is 3.59. The van der Waals surface area contributed by atoms with Gasteiger partial charge in [-0.2, -0.15) is 5.10 Å². The molecule has 21 heavy (non-hydrogen) atoms. The van der Waals surface area contributed by atoms with Crippen molar-refractivity contribution in [3.8, 4) is 0 Å². The predicted octanol–water partition coefficient (Wildman–Crippen LogP) is 3.34. The van der Waals surface area contributed by atoms with E-state index in [0.29, 0.717) is 6.54 Å². The Morgan fingerprint density at radius 1 is 1.29 bits per heavy atom. The molecule has 2 heterocycles. The number of halogens is 1. The normalized spacial score (nSPS) is 11.2. The largest absolute Gasteiger partial charge is 0.308 e. The van der Waals surface area contributed by atoms with Gasteiger partial charge < -0.3 is 4.57 Å². The number of rotatable bonds is 3. The number of fused-ring (bicyclic) bond motifs is 1. The highest BCUT2D eigenvalue weighted by molar-refractivity contribution is 9.10. The van der Waals surface area contributed by atoms with Crippen LogP contribution in [-0.2, 0) is 13.1 Å². The number of aromatic nitrogens is 3. The first kappa shape index (κ1) is 14.1. The van der Waals surface area contributed by atoms with Crippen molar-refractivity contribution in [3.63, 3.8) is 0 Å². The summed E-state index contributed by atoms with van der Waals surface area (Å²) in [7, 11) is 0. The fourth-order valence-corrected chi connectivity index (χ4v) is 3.16. The van der Waals surface area contributed by atoms with Gasteiger partial charge in [0.15, 0.2) is 0 Å². The summed E-state index contributed by atoms with van der Waals surface area (Å²) < 4.78 is 4.58. The number of benzene rings is 1. The van der Waals surface area contributed by atoms with E-state index in [1.807, 2.05) is 36.0 Å². The Morgan fingerprint density at radius 2 is 2.05 bits per heavy atom. The summed E-state index contributed by atoms with van der Waals surface area (Å²) in [5, 5.41) is 5.75. The third-order valence-corrected chi connectivity index (χ3v) is 4.02. The number of aryl methyl sites for hydroxylation is 2. The van der Waals surface area contributed by atoms with E-state index in [2.05, 4.69) is 40.1 Å². The summed E-state index contributed by atoms with van der Waals surface area (Å²) in [4.78, 5) is 12.2. The van der Waals surface area contributed by atoms with E-state index < -0.39 is 0 Å². The average Bonchev–Trinajstić information content (AvgIpc) is 2.82. The molecule has 3 aromatic rings. The minimum absolute atomic E-state index is 0.0216. The Bertz CT molecular complexity index is 864. The van der Waals surface area contributed by atoms with Crippen LogP contribution in [0.25, 0.3) is 10.9 Å². The molecule has 0 aliphatic carbocycles. The average molecular weight is 346 g/mol. The van der Waals surface area contributed by atoms with Gasteiger partial charge in [-0.25, -0.2) is 0 Å². The van der Waals surface area contributed by atoms with Crippen LogP contribution in [0.1, 0.15) is 18.2 Å². The van der Waals surface area contributed by atoms with Crippen molar-refractivity contribution in [2.75, 3.05) is 0 Å². The van der Waals surface area contributed by atoms with Gasteiger partial charge in [0.25, 0.3) is 5.56 Å². The van der Waals surface area contributed by atoms with Gasteiger partial charge in [0.2, 0.25) is 0 Å². The molecule has 0 atom stereocenters. The Labute approximate surface area is 131 Å². The maximum Gasteiger partial charge on any atom is 0.253 e. The molecule has 0 amide bonds. The van der Waals surface area contributed by atoms with Crippen LogP contribution in [-0.4, -0.2) is 14.3 Å². The van der Waals surface area contributed by atoms with E-state index in [4.69, 9.17) is 0 Å². The van der Waals surface area contributed by atoms with Crippen molar-refractivity contribution in [3.05, 3.63) is 62.6 Å².